The van der Waals surface area contributed by atoms with Gasteiger partial charge in [0.25, 0.3) is 0 Å². The first-order valence-corrected chi connectivity index (χ1v) is 11.3. The number of carbonyl (C=O) groups excluding carboxylic acids is 2. The zero-order valence-corrected chi connectivity index (χ0v) is 19.2. The van der Waals surface area contributed by atoms with Crippen LogP contribution in [0.15, 0.2) is 60.7 Å². The smallest absolute Gasteiger partial charge is 0.407 e. The zero-order chi connectivity index (χ0) is 24.2. The molecule has 8 heteroatoms. The Bertz CT molecular complexity index is 1070. The number of rotatable bonds is 8. The number of carboxylic acids is 1. The van der Waals surface area contributed by atoms with Crippen LogP contribution in [0.25, 0.3) is 11.1 Å². The van der Waals surface area contributed by atoms with E-state index in [1.807, 2.05) is 24.3 Å². The van der Waals surface area contributed by atoms with Gasteiger partial charge in [-0.1, -0.05) is 60.7 Å². The van der Waals surface area contributed by atoms with Gasteiger partial charge in [-0.15, -0.1) is 0 Å². The normalized spacial score (nSPS) is 19.4. The van der Waals surface area contributed by atoms with Crippen LogP contribution in [-0.2, 0) is 14.3 Å². The molecule has 2 aliphatic rings. The van der Waals surface area contributed by atoms with Crippen LogP contribution in [0.2, 0.25) is 0 Å². The molecular weight excluding hydrogens is 434 g/mol. The molecule has 34 heavy (non-hydrogen) atoms. The average Bonchev–Trinajstić information content (AvgIpc) is 3.39. The Kier molecular flexibility index (Phi) is 6.98. The van der Waals surface area contributed by atoms with Gasteiger partial charge in [-0.05, 0) is 42.8 Å². The second-order valence-corrected chi connectivity index (χ2v) is 8.97. The van der Waals surface area contributed by atoms with E-state index < -0.39 is 24.0 Å². The summed E-state index contributed by atoms with van der Waals surface area (Å²) < 4.78 is 5.57. The number of ether oxygens (including phenoxy) is 1. The number of benzene rings is 2. The highest BCUT2D eigenvalue weighted by molar-refractivity contribution is 5.86. The lowest BCUT2D eigenvalue weighted by Gasteiger charge is -2.21. The maximum atomic E-state index is 12.5. The average molecular weight is 464 g/mol. The Labute approximate surface area is 198 Å². The van der Waals surface area contributed by atoms with E-state index in [0.717, 1.165) is 22.3 Å². The largest absolute Gasteiger partial charge is 0.480 e. The quantitative estimate of drug-likeness (QED) is 0.520. The fourth-order valence-corrected chi connectivity index (χ4v) is 4.62. The minimum Gasteiger partial charge on any atom is -0.480 e. The van der Waals surface area contributed by atoms with E-state index in [0.29, 0.717) is 6.42 Å². The van der Waals surface area contributed by atoms with E-state index in [4.69, 9.17) is 4.74 Å². The molecule has 0 heterocycles. The molecule has 3 unspecified atom stereocenters. The molecule has 178 valence electrons. The third-order valence-electron chi connectivity index (χ3n) is 6.23. The summed E-state index contributed by atoms with van der Waals surface area (Å²) in [6, 6.07) is 14.9. The molecule has 0 saturated carbocycles. The van der Waals surface area contributed by atoms with Crippen molar-refractivity contribution in [3.05, 3.63) is 71.8 Å². The number of amides is 2. The molecule has 0 fully saturated rings. The van der Waals surface area contributed by atoms with Gasteiger partial charge in [-0.3, -0.25) is 4.79 Å². The predicted molar refractivity (Wildman–Crippen MR) is 127 cm³/mol. The van der Waals surface area contributed by atoms with Crippen LogP contribution in [0, 0.1) is 5.92 Å². The SMILES string of the molecule is CN(C)CC(NC(=O)C1C=CC(NC(=O)OCC2c3ccccc3-c3ccccc32)C1)C(=O)O. The number of likely N-dealkylation sites (N-methyl/N-ethyl adjacent to an activating group) is 1. The van der Waals surface area contributed by atoms with Crippen LogP contribution in [0.1, 0.15) is 23.5 Å². The summed E-state index contributed by atoms with van der Waals surface area (Å²) in [6.45, 7) is 0.407. The molecule has 2 aromatic rings. The number of carbonyl (C=O) groups is 3. The lowest BCUT2D eigenvalue weighted by molar-refractivity contribution is -0.142. The van der Waals surface area contributed by atoms with Gasteiger partial charge in [0.05, 0.1) is 12.0 Å². The molecule has 2 aliphatic carbocycles. The highest BCUT2D eigenvalue weighted by atomic mass is 16.5. The molecule has 3 atom stereocenters. The van der Waals surface area contributed by atoms with E-state index in [1.54, 1.807) is 31.1 Å². The number of nitrogens with zero attached hydrogens (tertiary/aromatic N) is 1. The van der Waals surface area contributed by atoms with E-state index in [2.05, 4.69) is 34.9 Å². The Morgan fingerprint density at radius 2 is 1.65 bits per heavy atom. The third-order valence-corrected chi connectivity index (χ3v) is 6.23. The minimum absolute atomic E-state index is 0.0274. The van der Waals surface area contributed by atoms with Gasteiger partial charge in [-0.2, -0.15) is 0 Å². The summed E-state index contributed by atoms with van der Waals surface area (Å²) in [5.74, 6) is -2.00. The van der Waals surface area contributed by atoms with Gasteiger partial charge in [0.2, 0.25) is 5.91 Å². The van der Waals surface area contributed by atoms with E-state index in [9.17, 15) is 19.5 Å². The third kappa shape index (κ3) is 5.12. The van der Waals surface area contributed by atoms with Crippen molar-refractivity contribution in [2.24, 2.45) is 5.92 Å². The number of alkyl carbamates (subject to hydrolysis) is 1. The number of carboxylic acid groups (broad SMARTS) is 1. The lowest BCUT2D eigenvalue weighted by atomic mass is 9.98. The second-order valence-electron chi connectivity index (χ2n) is 8.97. The van der Waals surface area contributed by atoms with Crippen molar-refractivity contribution in [3.8, 4) is 11.1 Å². The molecule has 2 aromatic carbocycles. The van der Waals surface area contributed by atoms with Gasteiger partial charge in [-0.25, -0.2) is 9.59 Å². The maximum absolute atomic E-state index is 12.5. The van der Waals surface area contributed by atoms with Crippen molar-refractivity contribution in [2.75, 3.05) is 27.2 Å². The lowest BCUT2D eigenvalue weighted by Crippen LogP contribution is -2.48. The molecule has 0 bridgehead atoms. The van der Waals surface area contributed by atoms with Crippen molar-refractivity contribution in [3.63, 3.8) is 0 Å². The number of hydrogen-bond acceptors (Lipinski definition) is 5. The van der Waals surface area contributed by atoms with Crippen LogP contribution in [0.5, 0.6) is 0 Å². The maximum Gasteiger partial charge on any atom is 0.407 e. The van der Waals surface area contributed by atoms with E-state index in [-0.39, 0.29) is 31.0 Å². The predicted octanol–water partition coefficient (Wildman–Crippen LogP) is 2.60. The Morgan fingerprint density at radius 1 is 1.03 bits per heavy atom. The summed E-state index contributed by atoms with van der Waals surface area (Å²) in [5.41, 5.74) is 4.60. The standard InChI is InChI=1S/C26H29N3O5/c1-29(2)14-23(25(31)32)28-24(30)16-11-12-17(13-16)27-26(33)34-15-22-20-9-5-3-7-18(20)19-8-4-6-10-21(19)22/h3-12,16-17,22-23H,13-15H2,1-2H3,(H,27,33)(H,28,30)(H,31,32). The molecular formula is C26H29N3O5. The molecule has 0 aliphatic heterocycles. The summed E-state index contributed by atoms with van der Waals surface area (Å²) in [4.78, 5) is 38.1. The number of fused-ring (bicyclic) bond motifs is 3. The van der Waals surface area contributed by atoms with Crippen LogP contribution in [0.3, 0.4) is 0 Å². The van der Waals surface area contributed by atoms with E-state index in [1.165, 1.54) is 0 Å². The molecule has 2 amide bonds. The Morgan fingerprint density at radius 3 is 2.24 bits per heavy atom. The molecule has 3 N–H and O–H groups in total. The fourth-order valence-electron chi connectivity index (χ4n) is 4.62. The summed E-state index contributed by atoms with van der Waals surface area (Å²) >= 11 is 0. The van der Waals surface area contributed by atoms with Gasteiger partial charge < -0.3 is 25.4 Å². The van der Waals surface area contributed by atoms with Crippen LogP contribution in [0.4, 0.5) is 4.79 Å². The van der Waals surface area contributed by atoms with Crippen molar-refractivity contribution >= 4 is 18.0 Å². The summed E-state index contributed by atoms with van der Waals surface area (Å²) in [6.07, 6.45) is 3.24. The van der Waals surface area contributed by atoms with Crippen molar-refractivity contribution in [1.29, 1.82) is 0 Å². The Balaban J connectivity index is 1.29. The van der Waals surface area contributed by atoms with Crippen molar-refractivity contribution in [2.45, 2.75) is 24.4 Å². The number of hydrogen-bond donors (Lipinski definition) is 3. The van der Waals surface area contributed by atoms with Gasteiger partial charge in [0.1, 0.15) is 12.6 Å². The molecule has 0 spiro atoms. The van der Waals surface area contributed by atoms with E-state index >= 15 is 0 Å². The topological polar surface area (TPSA) is 108 Å². The van der Waals surface area contributed by atoms with Gasteiger partial charge >= 0.3 is 12.1 Å². The first-order valence-electron chi connectivity index (χ1n) is 11.3. The minimum atomic E-state index is -1.09. The Hall–Kier alpha value is -3.65. The molecule has 4 rings (SSSR count). The highest BCUT2D eigenvalue weighted by Gasteiger charge is 2.31. The number of aliphatic carboxylic acids is 1. The summed E-state index contributed by atoms with van der Waals surface area (Å²) in [7, 11) is 3.48. The zero-order valence-electron chi connectivity index (χ0n) is 19.2. The van der Waals surface area contributed by atoms with Gasteiger partial charge in [0, 0.05) is 12.5 Å². The first kappa shape index (κ1) is 23.5. The molecule has 0 radical (unpaired) electrons. The van der Waals surface area contributed by atoms with Gasteiger partial charge in [0.15, 0.2) is 0 Å². The first-order chi connectivity index (χ1) is 16.3. The van der Waals surface area contributed by atoms with Crippen molar-refractivity contribution < 1.29 is 24.2 Å². The molecule has 8 nitrogen and oxygen atoms in total. The van der Waals surface area contributed by atoms with Crippen LogP contribution in [-0.4, -0.2) is 67.3 Å². The van der Waals surface area contributed by atoms with Crippen LogP contribution < -0.4 is 10.6 Å². The second kappa shape index (κ2) is 10.1. The van der Waals surface area contributed by atoms with Crippen molar-refractivity contribution in [1.82, 2.24) is 15.5 Å². The van der Waals surface area contributed by atoms with Crippen LogP contribution >= 0.6 is 0 Å². The highest BCUT2D eigenvalue weighted by Crippen LogP contribution is 2.44. The fraction of sp³-hybridized carbons (Fsp3) is 0.346. The number of nitrogens with one attached hydrogen (secondary N) is 2. The molecule has 0 saturated heterocycles. The molecule has 0 aromatic heterocycles. The monoisotopic (exact) mass is 463 g/mol. The summed E-state index contributed by atoms with van der Waals surface area (Å²) in [5, 5.41) is 14.7.